The molecule has 0 radical (unpaired) electrons. The Bertz CT molecular complexity index is 1000. The summed E-state index contributed by atoms with van der Waals surface area (Å²) < 4.78 is 0. The third-order valence-corrected chi connectivity index (χ3v) is 9.15. The number of hydrogen-bond donors (Lipinski definition) is 0. The fourth-order valence-corrected chi connectivity index (χ4v) is 8.37. The second kappa shape index (κ2) is 6.78. The van der Waals surface area contributed by atoms with Crippen molar-refractivity contribution in [2.24, 2.45) is 5.92 Å². The van der Waals surface area contributed by atoms with E-state index in [1.54, 1.807) is 23.8 Å². The van der Waals surface area contributed by atoms with Crippen molar-refractivity contribution in [1.29, 1.82) is 0 Å². The summed E-state index contributed by atoms with van der Waals surface area (Å²) in [6.45, 7) is 10.6. The molecule has 0 atom stereocenters. The van der Waals surface area contributed by atoms with E-state index in [2.05, 4.69) is 34.6 Å². The van der Waals surface area contributed by atoms with Crippen LogP contribution < -0.4 is 26.2 Å². The molecule has 6 heteroatoms. The molecule has 0 N–H and O–H groups in total. The first-order valence-corrected chi connectivity index (χ1v) is 8.56. The van der Waals surface area contributed by atoms with Gasteiger partial charge in [-0.15, -0.1) is 0 Å². The van der Waals surface area contributed by atoms with E-state index in [0.29, 0.717) is 11.2 Å². The van der Waals surface area contributed by atoms with Crippen molar-refractivity contribution >= 4 is 37.0 Å². The molecule has 0 aromatic heterocycles. The van der Waals surface area contributed by atoms with E-state index in [1.165, 1.54) is 6.07 Å². The molecule has 1 aliphatic rings. The molecule has 1 heterocycles. The summed E-state index contributed by atoms with van der Waals surface area (Å²) in [4.78, 5) is 45.1. The maximum atomic E-state index is 11.5. The van der Waals surface area contributed by atoms with Gasteiger partial charge in [0.05, 0.1) is 20.9 Å². The zero-order valence-electron chi connectivity index (χ0n) is 14.1. The molecule has 0 bridgehead atoms. The van der Waals surface area contributed by atoms with E-state index in [9.17, 15) is 19.2 Å². The predicted octanol–water partition coefficient (Wildman–Crippen LogP) is -1.99. The zero-order chi connectivity index (χ0) is 17.6. The Hall–Kier alpha value is -1.51. The van der Waals surface area contributed by atoms with Crippen molar-refractivity contribution in [3.63, 3.8) is 0 Å². The third-order valence-electron chi connectivity index (χ3n) is 5.24. The molecular weight excluding hydrogens is 367 g/mol. The molecule has 4 nitrogen and oxygen atoms in total. The summed E-state index contributed by atoms with van der Waals surface area (Å²) in [5.41, 5.74) is 0. The molecule has 0 unspecified atom stereocenters. The molecule has 1 aromatic carbocycles. The largest absolute Gasteiger partial charge is 0.233 e. The number of carbonyl (C=O) groups excluding carboxylic acids is 4. The average Bonchev–Trinajstić information content (AvgIpc) is 2.52. The van der Waals surface area contributed by atoms with Gasteiger partial charge in [0.2, 0.25) is 0 Å². The Morgan fingerprint density at radius 2 is 1.29 bits per heavy atom. The van der Waals surface area contributed by atoms with E-state index >= 15 is 0 Å². The second-order valence-electron chi connectivity index (χ2n) is 6.84. The molecule has 126 valence electrons. The van der Waals surface area contributed by atoms with Gasteiger partial charge in [0.15, 0.2) is 0 Å². The van der Waals surface area contributed by atoms with Gasteiger partial charge in [-0.25, -0.2) is 19.2 Å². The number of benzene rings is 1. The van der Waals surface area contributed by atoms with Crippen LogP contribution in [0.2, 0.25) is 0 Å². The topological polar surface area (TPSA) is 68.3 Å². The second-order valence-corrected chi connectivity index (χ2v) is 10.3. The van der Waals surface area contributed by atoms with Crippen molar-refractivity contribution in [1.82, 2.24) is 0 Å². The van der Waals surface area contributed by atoms with Crippen molar-refractivity contribution in [3.8, 4) is 0 Å². The number of hydrogen-bond acceptors (Lipinski definition) is 4. The van der Waals surface area contributed by atoms with Gasteiger partial charge >= 0.3 is 0 Å². The molecular formula is C18H17FeO4P. The van der Waals surface area contributed by atoms with E-state index in [-0.39, 0.29) is 48.3 Å². The summed E-state index contributed by atoms with van der Waals surface area (Å²) in [6, 6.07) is 1.50. The molecule has 0 spiro atoms. The smallest absolute Gasteiger partial charge is 0.135 e. The van der Waals surface area contributed by atoms with Crippen molar-refractivity contribution in [2.45, 2.75) is 44.9 Å². The molecule has 0 amide bonds. The number of rotatable bonds is 1. The van der Waals surface area contributed by atoms with Crippen LogP contribution in [0.25, 0.3) is 0 Å². The van der Waals surface area contributed by atoms with Gasteiger partial charge < -0.3 is 0 Å². The van der Waals surface area contributed by atoms with Gasteiger partial charge in [-0.2, -0.15) is 0 Å². The van der Waals surface area contributed by atoms with E-state index in [4.69, 9.17) is 0 Å². The normalized spacial score (nSPS) is 22.7. The van der Waals surface area contributed by atoms with Gasteiger partial charge in [-0.1, -0.05) is 42.5 Å². The van der Waals surface area contributed by atoms with Crippen LogP contribution >= 0.6 is 7.92 Å². The summed E-state index contributed by atoms with van der Waals surface area (Å²) in [7, 11) is -0.857. The Balaban J connectivity index is 0.00000288. The average molecular weight is 384 g/mol. The SMILES string of the molecule is CC1C(C)(C)P(c2cc(=C=O)c(=C=O)c(=C=O)c2=C=O)C1(C)C.[Fe]. The van der Waals surface area contributed by atoms with Crippen LogP contribution in [0.5, 0.6) is 0 Å². The maximum absolute atomic E-state index is 11.5. The van der Waals surface area contributed by atoms with Gasteiger partial charge in [0, 0.05) is 17.1 Å². The van der Waals surface area contributed by atoms with Gasteiger partial charge in [-0.05, 0) is 27.6 Å². The molecule has 1 aliphatic heterocycles. The monoisotopic (exact) mass is 384 g/mol. The quantitative estimate of drug-likeness (QED) is 0.416. The summed E-state index contributed by atoms with van der Waals surface area (Å²) in [5, 5.41) is -0.0685. The molecule has 24 heavy (non-hydrogen) atoms. The molecule has 1 saturated heterocycles. The molecule has 0 aliphatic carbocycles. The maximum Gasteiger partial charge on any atom is 0.135 e. The summed E-state index contributed by atoms with van der Waals surface area (Å²) >= 11 is 0. The Morgan fingerprint density at radius 3 is 1.67 bits per heavy atom. The van der Waals surface area contributed by atoms with Crippen molar-refractivity contribution < 1.29 is 36.2 Å². The van der Waals surface area contributed by atoms with Crippen LogP contribution in [0.15, 0.2) is 6.07 Å². The minimum atomic E-state index is -0.857. The van der Waals surface area contributed by atoms with Crippen LogP contribution in [0, 0.1) is 5.92 Å². The minimum Gasteiger partial charge on any atom is -0.233 e. The third kappa shape index (κ3) is 2.62. The van der Waals surface area contributed by atoms with E-state index < -0.39 is 7.92 Å². The Kier molecular flexibility index (Phi) is 5.80. The summed E-state index contributed by atoms with van der Waals surface area (Å²) in [6.07, 6.45) is 0. The van der Waals surface area contributed by atoms with Crippen molar-refractivity contribution in [3.05, 3.63) is 26.9 Å². The van der Waals surface area contributed by atoms with Crippen LogP contribution in [0.3, 0.4) is 0 Å². The molecule has 2 rings (SSSR count). The van der Waals surface area contributed by atoms with Gasteiger partial charge in [0.25, 0.3) is 0 Å². The summed E-state index contributed by atoms with van der Waals surface area (Å²) in [5.74, 6) is 6.99. The van der Waals surface area contributed by atoms with Crippen LogP contribution in [0.1, 0.15) is 34.6 Å². The van der Waals surface area contributed by atoms with Crippen molar-refractivity contribution in [2.75, 3.05) is 0 Å². The van der Waals surface area contributed by atoms with E-state index in [1.807, 2.05) is 0 Å². The Morgan fingerprint density at radius 1 is 0.833 bits per heavy atom. The first-order valence-electron chi connectivity index (χ1n) is 7.22. The van der Waals surface area contributed by atoms with E-state index in [0.717, 1.165) is 0 Å². The molecule has 0 saturated carbocycles. The first-order chi connectivity index (χ1) is 10.7. The molecule has 1 aromatic rings. The first kappa shape index (κ1) is 20.5. The standard InChI is InChI=1S/C18H17O4P.Fe/c1-11-17(2,3)23(18(11,4)5)16-6-12(7-19)13(8-20)14(9-21)15(16)10-22;/h6,11H,1-5H3;. The van der Waals surface area contributed by atoms with Crippen LogP contribution in [0.4, 0.5) is 0 Å². The Labute approximate surface area is 151 Å². The minimum absolute atomic E-state index is 0. The predicted molar refractivity (Wildman–Crippen MR) is 88.0 cm³/mol. The fraction of sp³-hybridized carbons (Fsp3) is 0.444. The van der Waals surface area contributed by atoms with Crippen LogP contribution in [-0.4, -0.2) is 34.1 Å². The molecule has 1 fully saturated rings. The van der Waals surface area contributed by atoms with Crippen LogP contribution in [-0.2, 0) is 36.2 Å². The fourth-order valence-electron chi connectivity index (χ4n) is 3.79. The van der Waals surface area contributed by atoms with Gasteiger partial charge in [0.1, 0.15) is 23.8 Å². The van der Waals surface area contributed by atoms with Gasteiger partial charge in [-0.3, -0.25) is 0 Å². The zero-order valence-corrected chi connectivity index (χ0v) is 16.1.